The molecule has 1 atom stereocenters. The molecule has 0 fully saturated rings. The van der Waals surface area contributed by atoms with Gasteiger partial charge in [-0.1, -0.05) is 44.5 Å². The third-order valence-electron chi connectivity index (χ3n) is 3.03. The molecule has 0 amide bonds. The smallest absolute Gasteiger partial charge is 0.114 e. The van der Waals surface area contributed by atoms with Crippen molar-refractivity contribution < 1.29 is 0 Å². The highest BCUT2D eigenvalue weighted by Crippen LogP contribution is 2.30. The minimum absolute atomic E-state index is 0.0903. The third-order valence-corrected chi connectivity index (χ3v) is 4.19. The number of halogens is 1. The van der Waals surface area contributed by atoms with Crippen LogP contribution in [0.4, 0.5) is 0 Å². The Bertz CT molecular complexity index is 540. The largest absolute Gasteiger partial charge is 0.307 e. The number of aromatic nitrogens is 1. The first-order chi connectivity index (χ1) is 8.91. The Morgan fingerprint density at radius 3 is 2.32 bits per heavy atom. The summed E-state index contributed by atoms with van der Waals surface area (Å²) in [5.41, 5.74) is 2.41. The topological polar surface area (TPSA) is 24.9 Å². The molecular weight excluding hydrogens is 276 g/mol. The van der Waals surface area contributed by atoms with Gasteiger partial charge in [-0.25, -0.2) is 4.98 Å². The standard InChI is InChI=1S/C15H19ClN2S/c1-15(2,3)12-9-19-14(18-12)13(17-4)10-5-7-11(16)8-6-10/h5-9,13,17H,1-4H3. The Labute approximate surface area is 123 Å². The molecule has 0 bridgehead atoms. The van der Waals surface area contributed by atoms with Crippen LogP contribution in [-0.2, 0) is 5.41 Å². The first kappa shape index (κ1) is 14.5. The van der Waals surface area contributed by atoms with Gasteiger partial charge in [0.15, 0.2) is 0 Å². The van der Waals surface area contributed by atoms with Gasteiger partial charge in [0.05, 0.1) is 11.7 Å². The Kier molecular flexibility index (Phi) is 4.29. The minimum Gasteiger partial charge on any atom is -0.307 e. The lowest BCUT2D eigenvalue weighted by molar-refractivity contribution is 0.566. The van der Waals surface area contributed by atoms with Gasteiger partial charge in [0, 0.05) is 15.8 Å². The molecule has 1 heterocycles. The highest BCUT2D eigenvalue weighted by molar-refractivity contribution is 7.09. The van der Waals surface area contributed by atoms with Crippen molar-refractivity contribution in [2.45, 2.75) is 32.2 Å². The zero-order valence-electron chi connectivity index (χ0n) is 11.7. The van der Waals surface area contributed by atoms with Gasteiger partial charge in [-0.2, -0.15) is 0 Å². The van der Waals surface area contributed by atoms with Crippen LogP contribution in [0.2, 0.25) is 5.02 Å². The highest BCUT2D eigenvalue weighted by Gasteiger charge is 2.21. The Morgan fingerprint density at radius 2 is 1.84 bits per heavy atom. The first-order valence-corrected chi connectivity index (χ1v) is 7.56. The van der Waals surface area contributed by atoms with Gasteiger partial charge >= 0.3 is 0 Å². The van der Waals surface area contributed by atoms with Gasteiger partial charge in [-0.15, -0.1) is 11.3 Å². The first-order valence-electron chi connectivity index (χ1n) is 6.30. The molecule has 2 nitrogen and oxygen atoms in total. The van der Waals surface area contributed by atoms with Crippen LogP contribution in [0.5, 0.6) is 0 Å². The molecule has 1 N–H and O–H groups in total. The average molecular weight is 295 g/mol. The van der Waals surface area contributed by atoms with Gasteiger partial charge in [0.1, 0.15) is 5.01 Å². The van der Waals surface area contributed by atoms with Gasteiger partial charge in [0.2, 0.25) is 0 Å². The molecule has 0 saturated heterocycles. The SMILES string of the molecule is CNC(c1ccc(Cl)cc1)c1nc(C(C)(C)C)cs1. The molecule has 102 valence electrons. The van der Waals surface area contributed by atoms with E-state index < -0.39 is 0 Å². The van der Waals surface area contributed by atoms with E-state index >= 15 is 0 Å². The molecule has 0 aliphatic heterocycles. The summed E-state index contributed by atoms with van der Waals surface area (Å²) in [5, 5.41) is 7.32. The second-order valence-electron chi connectivity index (χ2n) is 5.59. The van der Waals surface area contributed by atoms with Gasteiger partial charge < -0.3 is 5.32 Å². The number of thiazole rings is 1. The Hall–Kier alpha value is -0.900. The fraction of sp³-hybridized carbons (Fsp3) is 0.400. The number of hydrogen-bond acceptors (Lipinski definition) is 3. The summed E-state index contributed by atoms with van der Waals surface area (Å²) in [6, 6.07) is 8.04. The van der Waals surface area contributed by atoms with Crippen molar-refractivity contribution in [3.8, 4) is 0 Å². The third kappa shape index (κ3) is 3.35. The maximum atomic E-state index is 5.94. The second-order valence-corrected chi connectivity index (χ2v) is 6.92. The zero-order chi connectivity index (χ0) is 14.0. The molecule has 2 rings (SSSR count). The zero-order valence-corrected chi connectivity index (χ0v) is 13.3. The number of benzene rings is 1. The quantitative estimate of drug-likeness (QED) is 0.907. The van der Waals surface area contributed by atoms with Crippen molar-refractivity contribution in [3.63, 3.8) is 0 Å². The van der Waals surface area contributed by atoms with E-state index in [0.29, 0.717) is 0 Å². The maximum Gasteiger partial charge on any atom is 0.114 e. The van der Waals surface area contributed by atoms with Crippen molar-refractivity contribution in [1.29, 1.82) is 0 Å². The molecule has 0 spiro atoms. The molecule has 1 unspecified atom stereocenters. The van der Waals surface area contributed by atoms with Gasteiger partial charge in [0.25, 0.3) is 0 Å². The van der Waals surface area contributed by atoms with E-state index in [1.165, 1.54) is 5.56 Å². The molecule has 0 radical (unpaired) electrons. The summed E-state index contributed by atoms with van der Waals surface area (Å²) in [4.78, 5) is 4.77. The lowest BCUT2D eigenvalue weighted by Crippen LogP contribution is -2.18. The van der Waals surface area contributed by atoms with E-state index in [9.17, 15) is 0 Å². The summed E-state index contributed by atoms with van der Waals surface area (Å²) in [7, 11) is 1.96. The van der Waals surface area contributed by atoms with Crippen LogP contribution in [-0.4, -0.2) is 12.0 Å². The van der Waals surface area contributed by atoms with E-state index in [2.05, 4.69) is 31.5 Å². The number of nitrogens with one attached hydrogen (secondary N) is 1. The van der Waals surface area contributed by atoms with Crippen LogP contribution in [0.3, 0.4) is 0 Å². The van der Waals surface area contributed by atoms with E-state index in [4.69, 9.17) is 16.6 Å². The summed E-state index contributed by atoms with van der Waals surface area (Å²) < 4.78 is 0. The van der Waals surface area contributed by atoms with Crippen LogP contribution < -0.4 is 5.32 Å². The van der Waals surface area contributed by atoms with Crippen LogP contribution in [0, 0.1) is 0 Å². The molecule has 0 saturated carbocycles. The summed E-state index contributed by atoms with van der Waals surface area (Å²) >= 11 is 7.64. The van der Waals surface area contributed by atoms with Crippen molar-refractivity contribution in [1.82, 2.24) is 10.3 Å². The van der Waals surface area contributed by atoms with Crippen molar-refractivity contribution in [2.24, 2.45) is 0 Å². The van der Waals surface area contributed by atoms with Crippen molar-refractivity contribution in [2.75, 3.05) is 7.05 Å². The normalized spacial score (nSPS) is 13.5. The molecule has 0 aliphatic rings. The molecule has 1 aromatic heterocycles. The van der Waals surface area contributed by atoms with Crippen molar-refractivity contribution in [3.05, 3.63) is 50.9 Å². The lowest BCUT2D eigenvalue weighted by atomic mass is 9.93. The number of rotatable bonds is 3. The second kappa shape index (κ2) is 5.61. The summed E-state index contributed by atoms with van der Waals surface area (Å²) in [6.45, 7) is 6.55. The average Bonchev–Trinajstić information content (AvgIpc) is 2.82. The predicted molar refractivity (Wildman–Crippen MR) is 83.2 cm³/mol. The maximum absolute atomic E-state index is 5.94. The van der Waals surface area contributed by atoms with E-state index in [-0.39, 0.29) is 11.5 Å². The lowest BCUT2D eigenvalue weighted by Gasteiger charge is -2.16. The fourth-order valence-corrected chi connectivity index (χ4v) is 3.16. The Balaban J connectivity index is 2.32. The fourth-order valence-electron chi connectivity index (χ4n) is 1.85. The van der Waals surface area contributed by atoms with Crippen LogP contribution in [0.25, 0.3) is 0 Å². The monoisotopic (exact) mass is 294 g/mol. The number of hydrogen-bond donors (Lipinski definition) is 1. The molecule has 4 heteroatoms. The van der Waals surface area contributed by atoms with Crippen LogP contribution >= 0.6 is 22.9 Å². The molecule has 0 aliphatic carbocycles. The summed E-state index contributed by atoms with van der Waals surface area (Å²) in [6.07, 6.45) is 0. The van der Waals surface area contributed by atoms with Crippen LogP contribution in [0.15, 0.2) is 29.6 Å². The number of nitrogens with zero attached hydrogens (tertiary/aromatic N) is 1. The van der Waals surface area contributed by atoms with E-state index in [0.717, 1.165) is 15.7 Å². The highest BCUT2D eigenvalue weighted by atomic mass is 35.5. The van der Waals surface area contributed by atoms with Crippen LogP contribution in [0.1, 0.15) is 43.1 Å². The molecular formula is C15H19ClN2S. The molecule has 19 heavy (non-hydrogen) atoms. The van der Waals surface area contributed by atoms with E-state index in [1.54, 1.807) is 11.3 Å². The Morgan fingerprint density at radius 1 is 1.21 bits per heavy atom. The molecule has 1 aromatic carbocycles. The van der Waals surface area contributed by atoms with Gasteiger partial charge in [-0.05, 0) is 24.7 Å². The van der Waals surface area contributed by atoms with Crippen molar-refractivity contribution >= 4 is 22.9 Å². The van der Waals surface area contributed by atoms with Gasteiger partial charge in [-0.3, -0.25) is 0 Å². The molecule has 2 aromatic rings. The van der Waals surface area contributed by atoms with E-state index in [1.807, 2.05) is 31.3 Å². The summed E-state index contributed by atoms with van der Waals surface area (Å²) in [5.74, 6) is 0. The predicted octanol–water partition coefficient (Wildman–Crippen LogP) is 4.40. The minimum atomic E-state index is 0.0903.